The average Bonchev–Trinajstić information content (AvgIpc) is 2.42. The molecule has 2 rings (SSSR count). The molecular weight excluding hydrogens is 345 g/mol. The van der Waals surface area contributed by atoms with Crippen LogP contribution in [0.25, 0.3) is 0 Å². The van der Waals surface area contributed by atoms with Gasteiger partial charge in [-0.3, -0.25) is 0 Å². The molecule has 0 aromatic heterocycles. The summed E-state index contributed by atoms with van der Waals surface area (Å²) < 4.78 is 19.4. The molecule has 1 atom stereocenters. The van der Waals surface area contributed by atoms with Gasteiger partial charge in [-0.15, -0.1) is 0 Å². The second-order valence-electron chi connectivity index (χ2n) is 4.44. The van der Waals surface area contributed by atoms with E-state index in [0.29, 0.717) is 6.42 Å². The number of nitrogens with two attached hydrogens (primary N) is 1. The Labute approximate surface area is 130 Å². The molecule has 0 aliphatic heterocycles. The molecule has 0 spiro atoms. The van der Waals surface area contributed by atoms with Crippen molar-refractivity contribution in [1.29, 1.82) is 0 Å². The van der Waals surface area contributed by atoms with E-state index >= 15 is 0 Å². The van der Waals surface area contributed by atoms with Gasteiger partial charge in [0.1, 0.15) is 11.6 Å². The van der Waals surface area contributed by atoms with Crippen molar-refractivity contribution < 1.29 is 9.13 Å². The lowest BCUT2D eigenvalue weighted by molar-refractivity contribution is 0.408. The molecule has 1 unspecified atom stereocenters. The first-order valence-electron chi connectivity index (χ1n) is 6.04. The smallest absolute Gasteiger partial charge is 0.141 e. The highest BCUT2D eigenvalue weighted by Crippen LogP contribution is 2.28. The van der Waals surface area contributed by atoms with Crippen molar-refractivity contribution in [3.63, 3.8) is 0 Å². The number of hydrogen-bond donors (Lipinski definition) is 1. The van der Waals surface area contributed by atoms with Crippen LogP contribution in [0.5, 0.6) is 5.75 Å². The van der Waals surface area contributed by atoms with Crippen molar-refractivity contribution in [2.45, 2.75) is 12.5 Å². The van der Waals surface area contributed by atoms with Crippen LogP contribution >= 0.6 is 27.5 Å². The molecule has 2 nitrogen and oxygen atoms in total. The third kappa shape index (κ3) is 3.51. The molecule has 5 heteroatoms. The molecule has 0 radical (unpaired) electrons. The van der Waals surface area contributed by atoms with Crippen LogP contribution in [-0.4, -0.2) is 7.11 Å². The highest BCUT2D eigenvalue weighted by molar-refractivity contribution is 9.10. The summed E-state index contributed by atoms with van der Waals surface area (Å²) in [4.78, 5) is 0. The van der Waals surface area contributed by atoms with Crippen molar-refractivity contribution in [1.82, 2.24) is 0 Å². The molecule has 0 heterocycles. The number of halogens is 3. The third-order valence-electron chi connectivity index (χ3n) is 3.05. The Morgan fingerprint density at radius 3 is 2.70 bits per heavy atom. The lowest BCUT2D eigenvalue weighted by Crippen LogP contribution is -2.14. The van der Waals surface area contributed by atoms with Gasteiger partial charge in [-0.05, 0) is 47.9 Å². The lowest BCUT2D eigenvalue weighted by Gasteiger charge is -2.15. The number of hydrogen-bond acceptors (Lipinski definition) is 2. The summed E-state index contributed by atoms with van der Waals surface area (Å²) in [5.41, 5.74) is 7.94. The summed E-state index contributed by atoms with van der Waals surface area (Å²) in [6, 6.07) is 10.0. The van der Waals surface area contributed by atoms with Gasteiger partial charge in [0.2, 0.25) is 0 Å². The summed E-state index contributed by atoms with van der Waals surface area (Å²) in [7, 11) is 1.62. The van der Waals surface area contributed by atoms with Gasteiger partial charge in [0, 0.05) is 10.5 Å². The van der Waals surface area contributed by atoms with E-state index in [0.717, 1.165) is 21.3 Å². The molecule has 106 valence electrons. The Balaban J connectivity index is 2.24. The number of benzene rings is 2. The highest BCUT2D eigenvalue weighted by Gasteiger charge is 2.13. The molecule has 0 aliphatic carbocycles. The zero-order valence-electron chi connectivity index (χ0n) is 10.9. The zero-order valence-corrected chi connectivity index (χ0v) is 13.2. The van der Waals surface area contributed by atoms with Crippen LogP contribution in [0.2, 0.25) is 5.02 Å². The first-order chi connectivity index (χ1) is 9.51. The molecular formula is C15H14BrClFNO. The highest BCUT2D eigenvalue weighted by atomic mass is 79.9. The van der Waals surface area contributed by atoms with Crippen LogP contribution in [0.4, 0.5) is 4.39 Å². The number of methoxy groups -OCH3 is 1. The van der Waals surface area contributed by atoms with E-state index in [1.54, 1.807) is 19.2 Å². The van der Waals surface area contributed by atoms with E-state index in [9.17, 15) is 4.39 Å². The molecule has 0 aliphatic rings. The van der Waals surface area contributed by atoms with E-state index in [1.165, 1.54) is 6.07 Å². The summed E-state index contributed by atoms with van der Waals surface area (Å²) in [6.45, 7) is 0. The van der Waals surface area contributed by atoms with Gasteiger partial charge in [-0.25, -0.2) is 4.39 Å². The summed E-state index contributed by atoms with van der Waals surface area (Å²) in [5, 5.41) is 0.0826. The Bertz CT molecular complexity index is 621. The van der Waals surface area contributed by atoms with E-state index in [-0.39, 0.29) is 11.1 Å². The van der Waals surface area contributed by atoms with Crippen molar-refractivity contribution in [2.75, 3.05) is 7.11 Å². The summed E-state index contributed by atoms with van der Waals surface area (Å²) in [6.07, 6.45) is 0.574. The predicted octanol–water partition coefficient (Wildman–Crippen LogP) is 4.49. The first-order valence-corrected chi connectivity index (χ1v) is 7.21. The molecule has 2 aromatic rings. The van der Waals surface area contributed by atoms with Crippen LogP contribution in [0, 0.1) is 5.82 Å². The second kappa shape index (κ2) is 6.57. The molecule has 0 amide bonds. The standard InChI is InChI=1S/C15H14BrClFNO/c1-20-15-5-3-11(16)6-10(15)8-14(19)9-2-4-13(18)12(17)7-9/h2-7,14H,8,19H2,1H3. The van der Waals surface area contributed by atoms with Gasteiger partial charge in [0.15, 0.2) is 0 Å². The van der Waals surface area contributed by atoms with Crippen LogP contribution in [0.3, 0.4) is 0 Å². The van der Waals surface area contributed by atoms with Gasteiger partial charge in [-0.1, -0.05) is 33.6 Å². The van der Waals surface area contributed by atoms with Crippen LogP contribution in [0.1, 0.15) is 17.2 Å². The average molecular weight is 359 g/mol. The van der Waals surface area contributed by atoms with Crippen molar-refractivity contribution in [2.24, 2.45) is 5.73 Å². The number of rotatable bonds is 4. The maximum atomic E-state index is 13.2. The Morgan fingerprint density at radius 1 is 1.30 bits per heavy atom. The second-order valence-corrected chi connectivity index (χ2v) is 5.76. The van der Waals surface area contributed by atoms with Gasteiger partial charge >= 0.3 is 0 Å². The van der Waals surface area contributed by atoms with E-state index in [2.05, 4.69) is 15.9 Å². The minimum absolute atomic E-state index is 0.0826. The van der Waals surface area contributed by atoms with Crippen LogP contribution in [0.15, 0.2) is 40.9 Å². The van der Waals surface area contributed by atoms with Gasteiger partial charge in [0.25, 0.3) is 0 Å². The van der Waals surface area contributed by atoms with Crippen LogP contribution in [-0.2, 0) is 6.42 Å². The molecule has 0 fully saturated rings. The quantitative estimate of drug-likeness (QED) is 0.874. The van der Waals surface area contributed by atoms with Crippen molar-refractivity contribution in [3.05, 3.63) is 62.8 Å². The normalized spacial score (nSPS) is 12.2. The first kappa shape index (κ1) is 15.3. The van der Waals surface area contributed by atoms with E-state index in [4.69, 9.17) is 22.1 Å². The topological polar surface area (TPSA) is 35.2 Å². The summed E-state index contributed by atoms with van der Waals surface area (Å²) in [5.74, 6) is 0.333. The lowest BCUT2D eigenvalue weighted by atomic mass is 9.99. The number of ether oxygens (including phenoxy) is 1. The molecule has 2 aromatic carbocycles. The monoisotopic (exact) mass is 357 g/mol. The Morgan fingerprint density at radius 2 is 2.05 bits per heavy atom. The fourth-order valence-electron chi connectivity index (χ4n) is 2.00. The van der Waals surface area contributed by atoms with Crippen molar-refractivity contribution in [3.8, 4) is 5.75 Å². The molecule has 0 saturated heterocycles. The maximum absolute atomic E-state index is 13.2. The predicted molar refractivity (Wildman–Crippen MR) is 82.7 cm³/mol. The van der Waals surface area contributed by atoms with E-state index < -0.39 is 5.82 Å². The molecule has 20 heavy (non-hydrogen) atoms. The molecule has 2 N–H and O–H groups in total. The third-order valence-corrected chi connectivity index (χ3v) is 3.84. The molecule has 0 saturated carbocycles. The van der Waals surface area contributed by atoms with E-state index in [1.807, 2.05) is 18.2 Å². The zero-order chi connectivity index (χ0) is 14.7. The van der Waals surface area contributed by atoms with Gasteiger partial charge in [-0.2, -0.15) is 0 Å². The minimum Gasteiger partial charge on any atom is -0.496 e. The van der Waals surface area contributed by atoms with Gasteiger partial charge in [0.05, 0.1) is 12.1 Å². The minimum atomic E-state index is -0.442. The maximum Gasteiger partial charge on any atom is 0.141 e. The Hall–Kier alpha value is -1.10. The van der Waals surface area contributed by atoms with Gasteiger partial charge < -0.3 is 10.5 Å². The Kier molecular flexibility index (Phi) is 5.02. The largest absolute Gasteiger partial charge is 0.496 e. The SMILES string of the molecule is COc1ccc(Br)cc1CC(N)c1ccc(F)c(Cl)c1. The summed E-state index contributed by atoms with van der Waals surface area (Å²) >= 11 is 9.21. The van der Waals surface area contributed by atoms with Crippen LogP contribution < -0.4 is 10.5 Å². The van der Waals surface area contributed by atoms with Crippen molar-refractivity contribution >= 4 is 27.5 Å². The fraction of sp³-hybridized carbons (Fsp3) is 0.200. The fourth-order valence-corrected chi connectivity index (χ4v) is 2.60. The molecule has 0 bridgehead atoms.